The predicted octanol–water partition coefficient (Wildman–Crippen LogP) is 0.751. The lowest BCUT2D eigenvalue weighted by Gasteiger charge is -2.05. The first-order chi connectivity index (χ1) is 6.07. The van der Waals surface area contributed by atoms with Crippen LogP contribution in [0.4, 0.5) is 0 Å². The van der Waals surface area contributed by atoms with E-state index in [2.05, 4.69) is 5.32 Å². The highest BCUT2D eigenvalue weighted by Crippen LogP contribution is 2.13. The van der Waals surface area contributed by atoms with Gasteiger partial charge in [0, 0.05) is 19.3 Å². The molecule has 1 rings (SSSR count). The minimum absolute atomic E-state index is 0.336. The summed E-state index contributed by atoms with van der Waals surface area (Å²) in [6, 6.07) is 1.69. The van der Waals surface area contributed by atoms with E-state index in [0.29, 0.717) is 12.2 Å². The zero-order valence-corrected chi connectivity index (χ0v) is 8.09. The molecule has 2 N–H and O–H groups in total. The van der Waals surface area contributed by atoms with Crippen LogP contribution in [-0.4, -0.2) is 22.7 Å². The van der Waals surface area contributed by atoms with Crippen molar-refractivity contribution in [3.05, 3.63) is 23.0 Å². The zero-order chi connectivity index (χ0) is 10.0. The van der Waals surface area contributed by atoms with Gasteiger partial charge in [-0.2, -0.15) is 0 Å². The van der Waals surface area contributed by atoms with Crippen molar-refractivity contribution in [3.63, 3.8) is 0 Å². The van der Waals surface area contributed by atoms with E-state index >= 15 is 0 Å². The summed E-state index contributed by atoms with van der Waals surface area (Å²) >= 11 is 0. The molecule has 0 aromatic carbocycles. The number of hydrogen-bond donors (Lipinski definition) is 2. The Kier molecular flexibility index (Phi) is 2.72. The van der Waals surface area contributed by atoms with Crippen LogP contribution in [0.2, 0.25) is 0 Å². The Bertz CT molecular complexity index is 329. The summed E-state index contributed by atoms with van der Waals surface area (Å²) in [5, 5.41) is 11.8. The van der Waals surface area contributed by atoms with Crippen molar-refractivity contribution < 1.29 is 9.90 Å². The maximum atomic E-state index is 10.8. The maximum Gasteiger partial charge on any atom is 0.352 e. The molecule has 0 aliphatic heterocycles. The van der Waals surface area contributed by atoms with Gasteiger partial charge in [0.2, 0.25) is 0 Å². The first kappa shape index (κ1) is 9.80. The highest BCUT2D eigenvalue weighted by molar-refractivity contribution is 5.86. The topological polar surface area (TPSA) is 54.3 Å². The maximum absolute atomic E-state index is 10.8. The van der Waals surface area contributed by atoms with Crippen molar-refractivity contribution in [2.24, 2.45) is 7.05 Å². The molecule has 0 aliphatic rings. The molecule has 1 heterocycles. The molecule has 0 aliphatic carbocycles. The number of carboxylic acid groups (broad SMARTS) is 1. The van der Waals surface area contributed by atoms with Gasteiger partial charge in [-0.3, -0.25) is 0 Å². The van der Waals surface area contributed by atoms with Gasteiger partial charge < -0.3 is 15.0 Å². The number of hydrogen-bond acceptors (Lipinski definition) is 2. The van der Waals surface area contributed by atoms with Crippen LogP contribution in [0.25, 0.3) is 0 Å². The van der Waals surface area contributed by atoms with Crippen molar-refractivity contribution in [2.45, 2.75) is 13.5 Å². The normalized spacial score (nSPS) is 10.4. The Morgan fingerprint density at radius 2 is 2.31 bits per heavy atom. The first-order valence-corrected chi connectivity index (χ1v) is 4.11. The van der Waals surface area contributed by atoms with Crippen LogP contribution >= 0.6 is 0 Å². The second-order valence-corrected chi connectivity index (χ2v) is 3.05. The highest BCUT2D eigenvalue weighted by Gasteiger charge is 2.13. The number of nitrogens with one attached hydrogen (secondary N) is 1. The summed E-state index contributed by atoms with van der Waals surface area (Å²) in [6.45, 7) is 2.61. The van der Waals surface area contributed by atoms with E-state index in [0.717, 1.165) is 11.3 Å². The molecule has 0 amide bonds. The Morgan fingerprint density at radius 3 is 2.69 bits per heavy atom. The van der Waals surface area contributed by atoms with Gasteiger partial charge in [0.25, 0.3) is 0 Å². The summed E-state index contributed by atoms with van der Waals surface area (Å²) in [6.07, 6.45) is 0. The second-order valence-electron chi connectivity index (χ2n) is 3.05. The lowest BCUT2D eigenvalue weighted by molar-refractivity contribution is 0.0686. The summed E-state index contributed by atoms with van der Waals surface area (Å²) in [5.74, 6) is -0.882. The van der Waals surface area contributed by atoms with Gasteiger partial charge in [0.15, 0.2) is 0 Å². The fourth-order valence-corrected chi connectivity index (χ4v) is 1.43. The Morgan fingerprint density at radius 1 is 1.69 bits per heavy atom. The average molecular weight is 182 g/mol. The SMILES string of the molecule is CNCc1c(C)cc(C(=O)O)n1C. The molecule has 1 aromatic heterocycles. The third kappa shape index (κ3) is 1.72. The van der Waals surface area contributed by atoms with E-state index in [-0.39, 0.29) is 0 Å². The first-order valence-electron chi connectivity index (χ1n) is 4.11. The van der Waals surface area contributed by atoms with Gasteiger partial charge in [0.05, 0.1) is 0 Å². The lowest BCUT2D eigenvalue weighted by Crippen LogP contribution is -2.13. The molecule has 0 saturated heterocycles. The van der Waals surface area contributed by atoms with Crippen molar-refractivity contribution in [1.29, 1.82) is 0 Å². The molecule has 4 heteroatoms. The number of carboxylic acids is 1. The van der Waals surface area contributed by atoms with Gasteiger partial charge >= 0.3 is 5.97 Å². The Balaban J connectivity index is 3.14. The van der Waals surface area contributed by atoms with Gasteiger partial charge in [-0.15, -0.1) is 0 Å². The monoisotopic (exact) mass is 182 g/mol. The molecule has 1 aromatic rings. The fourth-order valence-electron chi connectivity index (χ4n) is 1.43. The molecule has 0 bridgehead atoms. The molecule has 13 heavy (non-hydrogen) atoms. The van der Waals surface area contributed by atoms with E-state index in [1.54, 1.807) is 17.7 Å². The van der Waals surface area contributed by atoms with E-state index in [9.17, 15) is 4.79 Å². The molecule has 0 unspecified atom stereocenters. The molecular weight excluding hydrogens is 168 g/mol. The number of rotatable bonds is 3. The predicted molar refractivity (Wildman–Crippen MR) is 49.9 cm³/mol. The standard InChI is InChI=1S/C9H14N2O2/c1-6-4-7(9(12)13)11(3)8(6)5-10-2/h4,10H,5H2,1-3H3,(H,12,13). The summed E-state index contributed by atoms with van der Waals surface area (Å²) in [7, 11) is 3.61. The lowest BCUT2D eigenvalue weighted by atomic mass is 10.2. The number of aromatic carboxylic acids is 1. The van der Waals surface area contributed by atoms with Crippen molar-refractivity contribution in [2.75, 3.05) is 7.05 Å². The third-order valence-corrected chi connectivity index (χ3v) is 2.14. The smallest absolute Gasteiger partial charge is 0.352 e. The van der Waals surface area contributed by atoms with Crippen LogP contribution < -0.4 is 5.32 Å². The van der Waals surface area contributed by atoms with Gasteiger partial charge in [0.1, 0.15) is 5.69 Å². The highest BCUT2D eigenvalue weighted by atomic mass is 16.4. The third-order valence-electron chi connectivity index (χ3n) is 2.14. The Hall–Kier alpha value is -1.29. The second kappa shape index (κ2) is 3.62. The number of aryl methyl sites for hydroxylation is 1. The van der Waals surface area contributed by atoms with E-state index in [4.69, 9.17) is 5.11 Å². The summed E-state index contributed by atoms with van der Waals surface area (Å²) in [4.78, 5) is 10.8. The van der Waals surface area contributed by atoms with E-state index < -0.39 is 5.97 Å². The van der Waals surface area contributed by atoms with Gasteiger partial charge in [-0.1, -0.05) is 0 Å². The zero-order valence-electron chi connectivity index (χ0n) is 8.09. The molecule has 0 radical (unpaired) electrons. The van der Waals surface area contributed by atoms with Crippen LogP contribution in [0, 0.1) is 6.92 Å². The number of aromatic nitrogens is 1. The fraction of sp³-hybridized carbons (Fsp3) is 0.444. The Labute approximate surface area is 77.2 Å². The average Bonchev–Trinajstić information content (AvgIpc) is 2.32. The van der Waals surface area contributed by atoms with Crippen molar-refractivity contribution in [3.8, 4) is 0 Å². The quantitative estimate of drug-likeness (QED) is 0.725. The summed E-state index contributed by atoms with van der Waals surface area (Å²) in [5.41, 5.74) is 2.36. The van der Waals surface area contributed by atoms with Crippen LogP contribution in [-0.2, 0) is 13.6 Å². The van der Waals surface area contributed by atoms with Crippen LogP contribution in [0.15, 0.2) is 6.07 Å². The number of nitrogens with zero attached hydrogens (tertiary/aromatic N) is 1. The van der Waals surface area contributed by atoms with E-state index in [1.807, 2.05) is 14.0 Å². The van der Waals surface area contributed by atoms with Crippen LogP contribution in [0.5, 0.6) is 0 Å². The molecule has 4 nitrogen and oxygen atoms in total. The largest absolute Gasteiger partial charge is 0.477 e. The van der Waals surface area contributed by atoms with Crippen LogP contribution in [0.3, 0.4) is 0 Å². The minimum Gasteiger partial charge on any atom is -0.477 e. The van der Waals surface area contributed by atoms with Crippen LogP contribution in [0.1, 0.15) is 21.7 Å². The summed E-state index contributed by atoms with van der Waals surface area (Å²) < 4.78 is 1.70. The molecule has 0 saturated carbocycles. The molecular formula is C9H14N2O2. The van der Waals surface area contributed by atoms with Gasteiger partial charge in [-0.25, -0.2) is 4.79 Å². The molecule has 0 fully saturated rings. The van der Waals surface area contributed by atoms with Crippen molar-refractivity contribution in [1.82, 2.24) is 9.88 Å². The number of carbonyl (C=O) groups is 1. The molecule has 0 atom stereocenters. The van der Waals surface area contributed by atoms with E-state index in [1.165, 1.54) is 0 Å². The van der Waals surface area contributed by atoms with Gasteiger partial charge in [-0.05, 0) is 25.6 Å². The molecule has 72 valence electrons. The molecule has 0 spiro atoms. The minimum atomic E-state index is -0.882. The van der Waals surface area contributed by atoms with Crippen molar-refractivity contribution >= 4 is 5.97 Å².